The Labute approximate surface area is 120 Å². The second-order valence-corrected chi connectivity index (χ2v) is 7.28. The highest BCUT2D eigenvalue weighted by molar-refractivity contribution is 5.74. The van der Waals surface area contributed by atoms with Gasteiger partial charge in [-0.25, -0.2) is 4.79 Å². The van der Waals surface area contributed by atoms with Gasteiger partial charge in [0.05, 0.1) is 19.6 Å². The molecule has 1 spiro atoms. The van der Waals surface area contributed by atoms with Gasteiger partial charge in [0.2, 0.25) is 0 Å². The predicted octanol–water partition coefficient (Wildman–Crippen LogP) is 2.59. The van der Waals surface area contributed by atoms with E-state index in [2.05, 4.69) is 20.8 Å². The lowest BCUT2D eigenvalue weighted by Crippen LogP contribution is -2.42. The van der Waals surface area contributed by atoms with E-state index in [0.717, 1.165) is 19.3 Å². The zero-order valence-corrected chi connectivity index (χ0v) is 12.9. The predicted molar refractivity (Wildman–Crippen MR) is 74.2 cm³/mol. The van der Waals surface area contributed by atoms with E-state index >= 15 is 0 Å². The molecule has 2 rings (SSSR count). The van der Waals surface area contributed by atoms with Crippen molar-refractivity contribution in [1.29, 1.82) is 0 Å². The number of hydrogen-bond donors (Lipinski definition) is 0. The van der Waals surface area contributed by atoms with Crippen molar-refractivity contribution < 1.29 is 19.1 Å². The monoisotopic (exact) mass is 283 g/mol. The highest BCUT2D eigenvalue weighted by Gasteiger charge is 2.49. The molecular formula is C15H25NO4. The fraction of sp³-hybridized carbons (Fsp3) is 0.867. The zero-order valence-electron chi connectivity index (χ0n) is 12.9. The van der Waals surface area contributed by atoms with Gasteiger partial charge in [0.25, 0.3) is 0 Å². The smallest absolute Gasteiger partial charge is 0.410 e. The number of nitrogens with zero attached hydrogens (tertiary/aromatic N) is 1. The molecule has 0 N–H and O–H groups in total. The topological polar surface area (TPSA) is 55.8 Å². The minimum Gasteiger partial charge on any atom is -0.469 e. The van der Waals surface area contributed by atoms with Crippen LogP contribution in [0.2, 0.25) is 0 Å². The van der Waals surface area contributed by atoms with E-state index in [9.17, 15) is 9.59 Å². The molecule has 1 aliphatic heterocycles. The summed E-state index contributed by atoms with van der Waals surface area (Å²) in [6, 6.07) is 0. The van der Waals surface area contributed by atoms with Crippen molar-refractivity contribution in [2.24, 2.45) is 11.3 Å². The molecule has 1 saturated carbocycles. The fourth-order valence-corrected chi connectivity index (χ4v) is 3.32. The van der Waals surface area contributed by atoms with Crippen LogP contribution in [0.25, 0.3) is 0 Å². The van der Waals surface area contributed by atoms with Gasteiger partial charge in [0.1, 0.15) is 5.60 Å². The first-order valence-corrected chi connectivity index (χ1v) is 7.30. The number of esters is 1. The maximum Gasteiger partial charge on any atom is 0.410 e. The molecule has 1 heterocycles. The molecule has 114 valence electrons. The Hall–Kier alpha value is -1.26. The van der Waals surface area contributed by atoms with Gasteiger partial charge in [-0.2, -0.15) is 0 Å². The minimum absolute atomic E-state index is 0.0426. The van der Waals surface area contributed by atoms with Crippen molar-refractivity contribution in [3.8, 4) is 0 Å². The summed E-state index contributed by atoms with van der Waals surface area (Å²) in [5.74, 6) is -0.328. The SMILES string of the molecule is COC(=O)C1CCCC2(C1)CN(CC(C)(C)C)C(=O)O2. The Morgan fingerprint density at radius 3 is 2.80 bits per heavy atom. The zero-order chi connectivity index (χ0) is 15.0. The van der Waals surface area contributed by atoms with Crippen LogP contribution in [0.4, 0.5) is 4.79 Å². The van der Waals surface area contributed by atoms with Crippen LogP contribution in [-0.4, -0.2) is 42.8 Å². The number of rotatable bonds is 2. The molecule has 2 fully saturated rings. The molecule has 0 aromatic rings. The van der Waals surface area contributed by atoms with Crippen LogP contribution in [0.1, 0.15) is 46.5 Å². The van der Waals surface area contributed by atoms with Crippen molar-refractivity contribution in [2.45, 2.75) is 52.1 Å². The van der Waals surface area contributed by atoms with E-state index in [0.29, 0.717) is 19.5 Å². The summed E-state index contributed by atoms with van der Waals surface area (Å²) in [5.41, 5.74) is -0.444. The number of methoxy groups -OCH3 is 1. The summed E-state index contributed by atoms with van der Waals surface area (Å²) in [4.78, 5) is 25.6. The van der Waals surface area contributed by atoms with Crippen LogP contribution in [0.5, 0.6) is 0 Å². The Morgan fingerprint density at radius 1 is 1.50 bits per heavy atom. The first kappa shape index (κ1) is 15.1. The third kappa shape index (κ3) is 3.25. The van der Waals surface area contributed by atoms with Crippen LogP contribution < -0.4 is 0 Å². The third-order valence-corrected chi connectivity index (χ3v) is 4.04. The van der Waals surface area contributed by atoms with Crippen LogP contribution >= 0.6 is 0 Å². The second kappa shape index (κ2) is 5.26. The molecule has 0 bridgehead atoms. The van der Waals surface area contributed by atoms with Gasteiger partial charge >= 0.3 is 12.1 Å². The normalized spacial score (nSPS) is 30.5. The molecule has 2 aliphatic rings. The summed E-state index contributed by atoms with van der Waals surface area (Å²) in [6.45, 7) is 7.57. The van der Waals surface area contributed by atoms with E-state index in [1.165, 1.54) is 7.11 Å². The van der Waals surface area contributed by atoms with Crippen molar-refractivity contribution in [3.63, 3.8) is 0 Å². The van der Waals surface area contributed by atoms with Crippen LogP contribution in [0, 0.1) is 11.3 Å². The van der Waals surface area contributed by atoms with E-state index in [-0.39, 0.29) is 23.4 Å². The molecule has 1 aliphatic carbocycles. The number of carbonyl (C=O) groups is 2. The summed E-state index contributed by atoms with van der Waals surface area (Å²) < 4.78 is 10.5. The first-order chi connectivity index (χ1) is 9.25. The average Bonchev–Trinajstić information content (AvgIpc) is 2.62. The molecule has 1 amide bonds. The van der Waals surface area contributed by atoms with Crippen LogP contribution in [0.15, 0.2) is 0 Å². The quantitative estimate of drug-likeness (QED) is 0.731. The highest BCUT2D eigenvalue weighted by Crippen LogP contribution is 2.40. The van der Waals surface area contributed by atoms with Crippen molar-refractivity contribution >= 4 is 12.1 Å². The lowest BCUT2D eigenvalue weighted by molar-refractivity contribution is -0.149. The van der Waals surface area contributed by atoms with Gasteiger partial charge in [-0.3, -0.25) is 4.79 Å². The van der Waals surface area contributed by atoms with Crippen molar-refractivity contribution in [2.75, 3.05) is 20.2 Å². The van der Waals surface area contributed by atoms with Gasteiger partial charge in [-0.15, -0.1) is 0 Å². The molecule has 1 saturated heterocycles. The number of ether oxygens (including phenoxy) is 2. The lowest BCUT2D eigenvalue weighted by atomic mass is 9.78. The molecule has 20 heavy (non-hydrogen) atoms. The van der Waals surface area contributed by atoms with Gasteiger partial charge < -0.3 is 14.4 Å². The average molecular weight is 283 g/mol. The highest BCUT2D eigenvalue weighted by atomic mass is 16.6. The summed E-state index contributed by atoms with van der Waals surface area (Å²) in [5, 5.41) is 0. The molecule has 0 radical (unpaired) electrons. The van der Waals surface area contributed by atoms with Crippen molar-refractivity contribution in [1.82, 2.24) is 4.90 Å². The molecule has 5 heteroatoms. The molecular weight excluding hydrogens is 258 g/mol. The standard InChI is InChI=1S/C15H25NO4/c1-14(2,3)9-16-10-15(20-13(16)18)7-5-6-11(8-15)12(17)19-4/h11H,5-10H2,1-4H3. The van der Waals surface area contributed by atoms with E-state index in [1.807, 2.05) is 0 Å². The summed E-state index contributed by atoms with van der Waals surface area (Å²) >= 11 is 0. The number of amides is 1. The minimum atomic E-state index is -0.487. The Kier molecular flexibility index (Phi) is 3.98. The maximum atomic E-state index is 12.1. The van der Waals surface area contributed by atoms with Gasteiger partial charge in [-0.1, -0.05) is 20.8 Å². The number of hydrogen-bond acceptors (Lipinski definition) is 4. The van der Waals surface area contributed by atoms with Gasteiger partial charge in [0.15, 0.2) is 0 Å². The maximum absolute atomic E-state index is 12.1. The number of carbonyl (C=O) groups excluding carboxylic acids is 2. The van der Waals surface area contributed by atoms with Gasteiger partial charge in [0, 0.05) is 13.0 Å². The lowest BCUT2D eigenvalue weighted by Gasteiger charge is -2.35. The van der Waals surface area contributed by atoms with Crippen molar-refractivity contribution in [3.05, 3.63) is 0 Å². The molecule has 2 atom stereocenters. The first-order valence-electron chi connectivity index (χ1n) is 7.30. The summed E-state index contributed by atoms with van der Waals surface area (Å²) in [7, 11) is 1.41. The van der Waals surface area contributed by atoms with E-state index in [1.54, 1.807) is 4.90 Å². The largest absolute Gasteiger partial charge is 0.469 e. The van der Waals surface area contributed by atoms with Crippen LogP contribution in [0.3, 0.4) is 0 Å². The molecule has 2 unspecified atom stereocenters. The second-order valence-electron chi connectivity index (χ2n) is 7.28. The van der Waals surface area contributed by atoms with E-state index in [4.69, 9.17) is 9.47 Å². The molecule has 0 aromatic carbocycles. The Morgan fingerprint density at radius 2 is 2.20 bits per heavy atom. The van der Waals surface area contributed by atoms with Crippen LogP contribution in [-0.2, 0) is 14.3 Å². The van der Waals surface area contributed by atoms with Gasteiger partial charge in [-0.05, 0) is 24.7 Å². The Balaban J connectivity index is 2.05. The Bertz CT molecular complexity index is 401. The molecule has 5 nitrogen and oxygen atoms in total. The summed E-state index contributed by atoms with van der Waals surface area (Å²) in [6.07, 6.45) is 2.91. The fourth-order valence-electron chi connectivity index (χ4n) is 3.32. The molecule has 0 aromatic heterocycles. The van der Waals surface area contributed by atoms with E-state index < -0.39 is 5.60 Å². The third-order valence-electron chi connectivity index (χ3n) is 4.04.